The van der Waals surface area contributed by atoms with Gasteiger partial charge < -0.3 is 20.5 Å². The molecule has 0 saturated carbocycles. The van der Waals surface area contributed by atoms with Crippen LogP contribution in [-0.4, -0.2) is 42.3 Å². The van der Waals surface area contributed by atoms with Crippen LogP contribution in [0.15, 0.2) is 48.5 Å². The van der Waals surface area contributed by atoms with Crippen molar-refractivity contribution in [2.24, 2.45) is 11.3 Å². The molecule has 0 radical (unpaired) electrons. The maximum absolute atomic E-state index is 12.4. The first-order valence-corrected chi connectivity index (χ1v) is 12.2. The lowest BCUT2D eigenvalue weighted by molar-refractivity contribution is -0.143. The van der Waals surface area contributed by atoms with Gasteiger partial charge in [0.15, 0.2) is 0 Å². The third-order valence-corrected chi connectivity index (χ3v) is 6.31. The molecular formula is C28H36N2O5. The second kappa shape index (κ2) is 11.4. The normalized spacial score (nSPS) is 14.4. The van der Waals surface area contributed by atoms with Gasteiger partial charge in [-0.1, -0.05) is 76.2 Å². The van der Waals surface area contributed by atoms with Gasteiger partial charge in [0.25, 0.3) is 0 Å². The summed E-state index contributed by atoms with van der Waals surface area (Å²) in [5, 5.41) is 14.8. The van der Waals surface area contributed by atoms with Gasteiger partial charge in [0.1, 0.15) is 12.6 Å². The summed E-state index contributed by atoms with van der Waals surface area (Å²) in [6, 6.07) is 15.4. The van der Waals surface area contributed by atoms with Crippen LogP contribution in [0.1, 0.15) is 64.0 Å². The van der Waals surface area contributed by atoms with E-state index in [0.717, 1.165) is 11.1 Å². The van der Waals surface area contributed by atoms with Gasteiger partial charge in [-0.3, -0.25) is 4.79 Å². The Morgan fingerprint density at radius 2 is 1.57 bits per heavy atom. The van der Waals surface area contributed by atoms with E-state index in [1.165, 1.54) is 11.1 Å². The molecule has 3 N–H and O–H groups in total. The molecule has 2 unspecified atom stereocenters. The lowest BCUT2D eigenvalue weighted by atomic mass is 9.88. The minimum atomic E-state index is -1.03. The SMILES string of the molecule is CC(CCCNC(=O)OCC1c2ccccc2-c2ccccc21)C(=O)NC(CC(C)(C)C)C(=O)O. The highest BCUT2D eigenvalue weighted by atomic mass is 16.5. The smallest absolute Gasteiger partial charge is 0.407 e. The molecule has 0 saturated heterocycles. The van der Waals surface area contributed by atoms with E-state index in [0.29, 0.717) is 25.8 Å². The second-order valence-electron chi connectivity index (χ2n) is 10.5. The Kier molecular flexibility index (Phi) is 8.54. The Hall–Kier alpha value is -3.35. The number of ether oxygens (including phenoxy) is 1. The minimum Gasteiger partial charge on any atom is -0.480 e. The van der Waals surface area contributed by atoms with E-state index in [9.17, 15) is 19.5 Å². The van der Waals surface area contributed by atoms with Crippen molar-refractivity contribution in [2.45, 2.75) is 58.9 Å². The van der Waals surface area contributed by atoms with E-state index in [4.69, 9.17) is 4.74 Å². The quantitative estimate of drug-likeness (QED) is 0.418. The number of aliphatic carboxylic acids is 1. The summed E-state index contributed by atoms with van der Waals surface area (Å²) in [4.78, 5) is 36.2. The van der Waals surface area contributed by atoms with Crippen molar-refractivity contribution in [3.63, 3.8) is 0 Å². The van der Waals surface area contributed by atoms with Crippen LogP contribution in [0.5, 0.6) is 0 Å². The van der Waals surface area contributed by atoms with Gasteiger partial charge >= 0.3 is 12.1 Å². The molecule has 35 heavy (non-hydrogen) atoms. The lowest BCUT2D eigenvalue weighted by Crippen LogP contribution is -2.45. The number of alkyl carbamates (subject to hydrolysis) is 1. The fourth-order valence-electron chi connectivity index (χ4n) is 4.51. The lowest BCUT2D eigenvalue weighted by Gasteiger charge is -2.25. The van der Waals surface area contributed by atoms with Crippen molar-refractivity contribution < 1.29 is 24.2 Å². The molecule has 1 aliphatic rings. The molecule has 2 amide bonds. The average molecular weight is 481 g/mol. The van der Waals surface area contributed by atoms with E-state index >= 15 is 0 Å². The number of carboxylic acid groups (broad SMARTS) is 1. The molecule has 0 aliphatic heterocycles. The van der Waals surface area contributed by atoms with Crippen molar-refractivity contribution in [3.05, 3.63) is 59.7 Å². The number of carbonyl (C=O) groups is 3. The first kappa shape index (κ1) is 26.3. The first-order chi connectivity index (χ1) is 16.6. The molecule has 0 spiro atoms. The van der Waals surface area contributed by atoms with E-state index in [1.54, 1.807) is 6.92 Å². The van der Waals surface area contributed by atoms with Crippen LogP contribution in [0.25, 0.3) is 11.1 Å². The molecule has 2 aromatic rings. The predicted molar refractivity (Wildman–Crippen MR) is 135 cm³/mol. The maximum atomic E-state index is 12.4. The number of fused-ring (bicyclic) bond motifs is 3. The molecule has 188 valence electrons. The molecule has 3 rings (SSSR count). The summed E-state index contributed by atoms with van der Waals surface area (Å²) in [5.74, 6) is -1.67. The molecule has 7 heteroatoms. The van der Waals surface area contributed by atoms with Gasteiger partial charge in [-0.25, -0.2) is 9.59 Å². The Labute approximate surface area is 207 Å². The minimum absolute atomic E-state index is 0.00662. The third kappa shape index (κ3) is 7.07. The molecule has 2 atom stereocenters. The fourth-order valence-corrected chi connectivity index (χ4v) is 4.51. The zero-order chi connectivity index (χ0) is 25.6. The molecule has 0 aromatic heterocycles. The number of benzene rings is 2. The maximum Gasteiger partial charge on any atom is 0.407 e. The highest BCUT2D eigenvalue weighted by Gasteiger charge is 2.29. The van der Waals surface area contributed by atoms with E-state index in [1.807, 2.05) is 45.0 Å². The Balaban J connectivity index is 1.41. The van der Waals surface area contributed by atoms with Crippen LogP contribution < -0.4 is 10.6 Å². The van der Waals surface area contributed by atoms with Gasteiger partial charge in [-0.05, 0) is 46.9 Å². The Morgan fingerprint density at radius 3 is 2.11 bits per heavy atom. The van der Waals surface area contributed by atoms with Gasteiger partial charge in [0, 0.05) is 18.4 Å². The first-order valence-electron chi connectivity index (χ1n) is 12.2. The molecule has 0 heterocycles. The fraction of sp³-hybridized carbons (Fsp3) is 0.464. The number of hydrogen-bond acceptors (Lipinski definition) is 4. The van der Waals surface area contributed by atoms with Crippen LogP contribution in [0.4, 0.5) is 4.79 Å². The highest BCUT2D eigenvalue weighted by molar-refractivity contribution is 5.84. The van der Waals surface area contributed by atoms with Gasteiger partial charge in [0.2, 0.25) is 5.91 Å². The Bertz CT molecular complexity index is 1010. The molecule has 0 bridgehead atoms. The number of carboxylic acids is 1. The van der Waals surface area contributed by atoms with E-state index < -0.39 is 18.1 Å². The number of rotatable bonds is 10. The highest BCUT2D eigenvalue weighted by Crippen LogP contribution is 2.44. The topological polar surface area (TPSA) is 105 Å². The molecule has 0 fully saturated rings. The zero-order valence-corrected chi connectivity index (χ0v) is 21.0. The molecule has 7 nitrogen and oxygen atoms in total. The van der Waals surface area contributed by atoms with Crippen LogP contribution >= 0.6 is 0 Å². The standard InChI is InChI=1S/C28H36N2O5/c1-18(25(31)30-24(26(32)33)16-28(2,3)4)10-9-15-29-27(34)35-17-23-21-13-7-5-11-19(21)20-12-6-8-14-22(20)23/h5-8,11-14,18,23-24H,9-10,15-17H2,1-4H3,(H,29,34)(H,30,31)(H,32,33). The van der Waals surface area contributed by atoms with Gasteiger partial charge in [-0.15, -0.1) is 0 Å². The van der Waals surface area contributed by atoms with Crippen molar-refractivity contribution in [1.29, 1.82) is 0 Å². The zero-order valence-electron chi connectivity index (χ0n) is 21.0. The van der Waals surface area contributed by atoms with Gasteiger partial charge in [0.05, 0.1) is 0 Å². The van der Waals surface area contributed by atoms with Crippen molar-refractivity contribution >= 4 is 18.0 Å². The van der Waals surface area contributed by atoms with Crippen molar-refractivity contribution in [2.75, 3.05) is 13.2 Å². The number of amides is 2. The summed E-state index contributed by atoms with van der Waals surface area (Å²) >= 11 is 0. The summed E-state index contributed by atoms with van der Waals surface area (Å²) in [5.41, 5.74) is 4.46. The van der Waals surface area contributed by atoms with E-state index in [2.05, 4.69) is 34.9 Å². The monoisotopic (exact) mass is 480 g/mol. The van der Waals surface area contributed by atoms with Gasteiger partial charge in [-0.2, -0.15) is 0 Å². The number of carbonyl (C=O) groups excluding carboxylic acids is 2. The van der Waals surface area contributed by atoms with Crippen LogP contribution in [0.2, 0.25) is 0 Å². The summed E-state index contributed by atoms with van der Waals surface area (Å²) in [6.45, 7) is 8.20. The largest absolute Gasteiger partial charge is 0.480 e. The van der Waals surface area contributed by atoms with Crippen LogP contribution in [0.3, 0.4) is 0 Å². The summed E-state index contributed by atoms with van der Waals surface area (Å²) < 4.78 is 5.52. The van der Waals surface area contributed by atoms with E-state index in [-0.39, 0.29) is 29.8 Å². The molecule has 2 aromatic carbocycles. The molecule has 1 aliphatic carbocycles. The summed E-state index contributed by atoms with van der Waals surface area (Å²) in [6.07, 6.45) is 0.970. The number of nitrogens with one attached hydrogen (secondary N) is 2. The average Bonchev–Trinajstić information content (AvgIpc) is 3.12. The van der Waals surface area contributed by atoms with Crippen LogP contribution in [-0.2, 0) is 14.3 Å². The van der Waals surface area contributed by atoms with Crippen molar-refractivity contribution in [3.8, 4) is 11.1 Å². The summed E-state index contributed by atoms with van der Waals surface area (Å²) in [7, 11) is 0. The Morgan fingerprint density at radius 1 is 1.00 bits per heavy atom. The second-order valence-corrected chi connectivity index (χ2v) is 10.5. The van der Waals surface area contributed by atoms with Crippen LogP contribution in [0, 0.1) is 11.3 Å². The molecular weight excluding hydrogens is 444 g/mol. The van der Waals surface area contributed by atoms with Crippen molar-refractivity contribution in [1.82, 2.24) is 10.6 Å². The predicted octanol–water partition coefficient (Wildman–Crippen LogP) is 4.95. The third-order valence-electron chi connectivity index (χ3n) is 6.31. The number of hydrogen-bond donors (Lipinski definition) is 3.